The Morgan fingerprint density at radius 3 is 2.26 bits per heavy atom. The SMILES string of the molecule is [B]C1(C)C=CC2=C(C=C1)C(=O)N(C(C=O)CCC(=O)NC)C2=O. The summed E-state index contributed by atoms with van der Waals surface area (Å²) in [5.41, 5.74) is 0.430. The fourth-order valence-corrected chi connectivity index (χ4v) is 2.45. The lowest BCUT2D eigenvalue weighted by molar-refractivity contribution is -0.143. The average Bonchev–Trinajstić information content (AvgIpc) is 2.64. The van der Waals surface area contributed by atoms with Gasteiger partial charge in [0.25, 0.3) is 11.8 Å². The Bertz CT molecular complexity index is 623. The number of hydrogen-bond acceptors (Lipinski definition) is 4. The van der Waals surface area contributed by atoms with Crippen molar-refractivity contribution in [2.45, 2.75) is 31.1 Å². The van der Waals surface area contributed by atoms with E-state index in [2.05, 4.69) is 5.32 Å². The second-order valence-electron chi connectivity index (χ2n) is 5.76. The van der Waals surface area contributed by atoms with Gasteiger partial charge < -0.3 is 10.1 Å². The van der Waals surface area contributed by atoms with Crippen molar-refractivity contribution in [3.05, 3.63) is 35.5 Å². The van der Waals surface area contributed by atoms with Crippen molar-refractivity contribution < 1.29 is 19.2 Å². The van der Waals surface area contributed by atoms with E-state index >= 15 is 0 Å². The molecule has 2 aliphatic rings. The monoisotopic (exact) mass is 312 g/mol. The largest absolute Gasteiger partial charge is 0.359 e. The number of amides is 3. The molecule has 0 fully saturated rings. The fraction of sp³-hybridized carbons (Fsp3) is 0.375. The highest BCUT2D eigenvalue weighted by Gasteiger charge is 2.40. The summed E-state index contributed by atoms with van der Waals surface area (Å²) in [6.07, 6.45) is 6.93. The fourth-order valence-electron chi connectivity index (χ4n) is 2.45. The molecule has 1 heterocycles. The highest BCUT2D eigenvalue weighted by Crippen LogP contribution is 2.34. The second kappa shape index (κ2) is 6.36. The molecule has 0 saturated carbocycles. The van der Waals surface area contributed by atoms with Gasteiger partial charge in [-0.05, 0) is 11.7 Å². The van der Waals surface area contributed by atoms with E-state index in [4.69, 9.17) is 7.85 Å². The highest BCUT2D eigenvalue weighted by atomic mass is 16.2. The van der Waals surface area contributed by atoms with Crippen LogP contribution in [0, 0.1) is 0 Å². The van der Waals surface area contributed by atoms with Crippen molar-refractivity contribution in [2.75, 3.05) is 7.05 Å². The first-order valence-corrected chi connectivity index (χ1v) is 7.26. The van der Waals surface area contributed by atoms with Gasteiger partial charge in [-0.2, -0.15) is 0 Å². The van der Waals surface area contributed by atoms with Crippen LogP contribution in [0.2, 0.25) is 5.31 Å². The number of aldehydes is 1. The van der Waals surface area contributed by atoms with Crippen molar-refractivity contribution in [2.24, 2.45) is 0 Å². The second-order valence-corrected chi connectivity index (χ2v) is 5.76. The van der Waals surface area contributed by atoms with E-state index in [-0.39, 0.29) is 29.9 Å². The van der Waals surface area contributed by atoms with Gasteiger partial charge in [0.05, 0.1) is 25.0 Å². The van der Waals surface area contributed by atoms with E-state index in [1.165, 1.54) is 19.2 Å². The van der Waals surface area contributed by atoms with Gasteiger partial charge in [-0.25, -0.2) is 0 Å². The quantitative estimate of drug-likeness (QED) is 0.447. The summed E-state index contributed by atoms with van der Waals surface area (Å²) >= 11 is 0. The summed E-state index contributed by atoms with van der Waals surface area (Å²) in [4.78, 5) is 48.5. The van der Waals surface area contributed by atoms with E-state index in [9.17, 15) is 19.2 Å². The molecule has 0 aromatic rings. The van der Waals surface area contributed by atoms with E-state index in [0.29, 0.717) is 6.29 Å². The Balaban J connectivity index is 2.24. The number of imide groups is 1. The van der Waals surface area contributed by atoms with Crippen LogP contribution >= 0.6 is 0 Å². The normalized spacial score (nSPS) is 20.3. The molecule has 0 spiro atoms. The van der Waals surface area contributed by atoms with E-state index < -0.39 is 23.2 Å². The first kappa shape index (κ1) is 16.9. The molecule has 0 aromatic heterocycles. The minimum absolute atomic E-state index is 0.0498. The molecule has 0 bridgehead atoms. The van der Waals surface area contributed by atoms with Gasteiger partial charge in [0.1, 0.15) is 6.29 Å². The predicted molar refractivity (Wildman–Crippen MR) is 84.4 cm³/mol. The molecule has 1 N–H and O–H groups in total. The van der Waals surface area contributed by atoms with Crippen LogP contribution in [0.3, 0.4) is 0 Å². The van der Waals surface area contributed by atoms with Gasteiger partial charge in [-0.15, -0.1) is 0 Å². The Hall–Kier alpha value is -2.44. The van der Waals surface area contributed by atoms with Gasteiger partial charge in [0.15, 0.2) is 0 Å². The molecular weight excluding hydrogens is 295 g/mol. The lowest BCUT2D eigenvalue weighted by atomic mass is 9.70. The van der Waals surface area contributed by atoms with Crippen molar-refractivity contribution in [3.63, 3.8) is 0 Å². The third-order valence-electron chi connectivity index (χ3n) is 3.84. The van der Waals surface area contributed by atoms with Gasteiger partial charge in [0.2, 0.25) is 5.91 Å². The van der Waals surface area contributed by atoms with E-state index in [1.807, 2.05) is 0 Å². The first-order valence-electron chi connectivity index (χ1n) is 7.26. The number of carbonyl (C=O) groups excluding carboxylic acids is 4. The summed E-state index contributed by atoms with van der Waals surface area (Å²) in [5.74, 6) is -1.35. The third kappa shape index (κ3) is 3.33. The maximum atomic E-state index is 12.5. The number of rotatable bonds is 5. The maximum absolute atomic E-state index is 12.5. The molecule has 23 heavy (non-hydrogen) atoms. The topological polar surface area (TPSA) is 83.6 Å². The third-order valence-corrected chi connectivity index (χ3v) is 3.84. The number of carbonyl (C=O) groups is 4. The van der Waals surface area contributed by atoms with Crippen LogP contribution in [0.1, 0.15) is 19.8 Å². The minimum atomic E-state index is -0.967. The molecule has 1 unspecified atom stereocenters. The van der Waals surface area contributed by atoms with E-state index in [0.717, 1.165) is 4.90 Å². The summed E-state index contributed by atoms with van der Waals surface area (Å²) in [6.45, 7) is 1.74. The highest BCUT2D eigenvalue weighted by molar-refractivity contribution is 6.24. The maximum Gasteiger partial charge on any atom is 0.262 e. The van der Waals surface area contributed by atoms with Gasteiger partial charge >= 0.3 is 0 Å². The summed E-state index contributed by atoms with van der Waals surface area (Å²) in [6, 6.07) is -0.967. The van der Waals surface area contributed by atoms with Crippen LogP contribution in [0.25, 0.3) is 0 Å². The zero-order valence-electron chi connectivity index (χ0n) is 13.0. The van der Waals surface area contributed by atoms with Gasteiger partial charge in [0, 0.05) is 13.5 Å². The summed E-state index contributed by atoms with van der Waals surface area (Å²) in [5, 5.41) is 1.68. The molecule has 2 radical (unpaired) electrons. The Morgan fingerprint density at radius 1 is 1.30 bits per heavy atom. The molecule has 3 amide bonds. The molecule has 6 nitrogen and oxygen atoms in total. The average molecular weight is 312 g/mol. The Morgan fingerprint density at radius 2 is 1.83 bits per heavy atom. The molecule has 2 rings (SSSR count). The lowest BCUT2D eigenvalue weighted by Gasteiger charge is -2.22. The van der Waals surface area contributed by atoms with Crippen molar-refractivity contribution in [1.29, 1.82) is 0 Å². The number of allylic oxidation sites excluding steroid dienone is 2. The Kier molecular flexibility index (Phi) is 4.68. The first-order chi connectivity index (χ1) is 10.8. The Labute approximate surface area is 135 Å². The number of nitrogens with zero attached hydrogens (tertiary/aromatic N) is 1. The van der Waals surface area contributed by atoms with Gasteiger partial charge in [-0.3, -0.25) is 19.3 Å². The molecular formula is C16H17BN2O4. The van der Waals surface area contributed by atoms with Crippen LogP contribution in [0.4, 0.5) is 0 Å². The van der Waals surface area contributed by atoms with Crippen LogP contribution in [-0.4, -0.2) is 49.8 Å². The van der Waals surface area contributed by atoms with Crippen molar-refractivity contribution in [3.8, 4) is 0 Å². The smallest absolute Gasteiger partial charge is 0.262 e. The predicted octanol–water partition coefficient (Wildman–Crippen LogP) is 0.219. The lowest BCUT2D eigenvalue weighted by Crippen LogP contribution is -2.42. The zero-order chi connectivity index (χ0) is 17.2. The van der Waals surface area contributed by atoms with Crippen LogP contribution in [-0.2, 0) is 19.2 Å². The standard InChI is InChI=1S/C16H17BN2O4/c1-16(17)7-5-11-12(6-8-16)15(23)19(14(11)22)10(9-20)3-4-13(21)18-2/h5-10H,3-4H2,1-2H3,(H,18,21). The number of hydrogen-bond donors (Lipinski definition) is 1. The zero-order valence-corrected chi connectivity index (χ0v) is 13.0. The molecule has 7 heteroatoms. The van der Waals surface area contributed by atoms with Crippen LogP contribution < -0.4 is 5.32 Å². The molecule has 0 aromatic carbocycles. The molecule has 1 aliphatic carbocycles. The molecule has 0 saturated heterocycles. The molecule has 1 atom stereocenters. The molecule has 118 valence electrons. The van der Waals surface area contributed by atoms with E-state index in [1.54, 1.807) is 19.1 Å². The van der Waals surface area contributed by atoms with Crippen LogP contribution in [0.5, 0.6) is 0 Å². The summed E-state index contributed by atoms with van der Waals surface area (Å²) < 4.78 is 0. The summed E-state index contributed by atoms with van der Waals surface area (Å²) in [7, 11) is 7.43. The molecule has 1 aliphatic heterocycles. The van der Waals surface area contributed by atoms with Crippen molar-refractivity contribution >= 4 is 31.9 Å². The number of nitrogens with one attached hydrogen (secondary N) is 1. The van der Waals surface area contributed by atoms with Gasteiger partial charge in [-0.1, -0.05) is 31.2 Å². The van der Waals surface area contributed by atoms with Crippen molar-refractivity contribution in [1.82, 2.24) is 10.2 Å². The minimum Gasteiger partial charge on any atom is -0.359 e. The van der Waals surface area contributed by atoms with Crippen LogP contribution in [0.15, 0.2) is 35.5 Å².